The minimum absolute atomic E-state index is 0.0941. The molecule has 0 atom stereocenters. The number of H-pyrrole nitrogens is 1. The van der Waals surface area contributed by atoms with Crippen LogP contribution in [0.15, 0.2) is 10.9 Å². The van der Waals surface area contributed by atoms with Crippen molar-refractivity contribution >= 4 is 11.7 Å². The summed E-state index contributed by atoms with van der Waals surface area (Å²) < 4.78 is 29.2. The monoisotopic (exact) mass is 232 g/mol. The van der Waals surface area contributed by atoms with Gasteiger partial charge < -0.3 is 15.5 Å². The first-order valence-electron chi connectivity index (χ1n) is 4.45. The van der Waals surface area contributed by atoms with Crippen LogP contribution in [-0.4, -0.2) is 17.6 Å². The van der Waals surface area contributed by atoms with E-state index in [4.69, 9.17) is 5.73 Å². The van der Waals surface area contributed by atoms with E-state index in [1.165, 1.54) is 0 Å². The predicted molar refractivity (Wildman–Crippen MR) is 52.4 cm³/mol. The number of carbonyl (C=O) groups is 1. The quantitative estimate of drug-likeness (QED) is 0.763. The van der Waals surface area contributed by atoms with E-state index >= 15 is 0 Å². The lowest BCUT2D eigenvalue weighted by Crippen LogP contribution is -2.20. The van der Waals surface area contributed by atoms with Crippen LogP contribution in [0.1, 0.15) is 29.4 Å². The number of anilines is 1. The normalized spacial score (nSPS) is 10.5. The van der Waals surface area contributed by atoms with Crippen LogP contribution < -0.4 is 11.3 Å². The maximum Gasteiger partial charge on any atom is 0.356 e. The summed E-state index contributed by atoms with van der Waals surface area (Å²) in [5.74, 6) is -0.849. The number of pyridine rings is 1. The van der Waals surface area contributed by atoms with Crippen LogP contribution in [0.3, 0.4) is 0 Å². The molecule has 0 aliphatic carbocycles. The second-order valence-electron chi connectivity index (χ2n) is 2.91. The number of nitrogen functional groups attached to an aromatic ring is 1. The molecule has 3 N–H and O–H groups in total. The van der Waals surface area contributed by atoms with Crippen LogP contribution in [0.4, 0.5) is 14.5 Å². The van der Waals surface area contributed by atoms with Crippen molar-refractivity contribution in [2.45, 2.75) is 13.3 Å². The van der Waals surface area contributed by atoms with Gasteiger partial charge in [0.2, 0.25) is 0 Å². The smallest absolute Gasteiger partial charge is 0.356 e. The molecule has 16 heavy (non-hydrogen) atoms. The van der Waals surface area contributed by atoms with E-state index in [2.05, 4.69) is 4.74 Å². The molecule has 0 aromatic carbocycles. The summed E-state index contributed by atoms with van der Waals surface area (Å²) in [6, 6.07) is 0.774. The number of carbonyl (C=O) groups excluding carboxylic acids is 1. The third-order valence-corrected chi connectivity index (χ3v) is 1.82. The van der Waals surface area contributed by atoms with Gasteiger partial charge in [-0.05, 0) is 13.0 Å². The largest absolute Gasteiger partial charge is 0.461 e. The Hall–Kier alpha value is -1.92. The Morgan fingerprint density at radius 1 is 1.62 bits per heavy atom. The molecule has 1 aromatic heterocycles. The minimum atomic E-state index is -2.94. The van der Waals surface area contributed by atoms with Crippen molar-refractivity contribution in [2.24, 2.45) is 0 Å². The van der Waals surface area contributed by atoms with E-state index in [-0.39, 0.29) is 18.0 Å². The predicted octanol–water partition coefficient (Wildman–Crippen LogP) is 1.07. The molecule has 0 saturated heterocycles. The molecule has 1 rings (SSSR count). The number of alkyl halides is 2. The molecule has 0 bridgehead atoms. The van der Waals surface area contributed by atoms with Crippen molar-refractivity contribution in [1.82, 2.24) is 4.98 Å². The Bertz CT molecular complexity index is 457. The van der Waals surface area contributed by atoms with E-state index in [0.29, 0.717) is 0 Å². The average Bonchev–Trinajstić information content (AvgIpc) is 2.20. The van der Waals surface area contributed by atoms with Crippen molar-refractivity contribution in [3.05, 3.63) is 27.7 Å². The number of rotatable bonds is 3. The number of halogens is 2. The first-order valence-corrected chi connectivity index (χ1v) is 4.45. The van der Waals surface area contributed by atoms with Crippen LogP contribution in [0.5, 0.6) is 0 Å². The third-order valence-electron chi connectivity index (χ3n) is 1.82. The first-order chi connectivity index (χ1) is 7.47. The zero-order chi connectivity index (χ0) is 12.3. The van der Waals surface area contributed by atoms with Crippen LogP contribution in [-0.2, 0) is 4.74 Å². The van der Waals surface area contributed by atoms with E-state index in [1.807, 2.05) is 4.98 Å². The summed E-state index contributed by atoms with van der Waals surface area (Å²) in [7, 11) is 0. The summed E-state index contributed by atoms with van der Waals surface area (Å²) in [5.41, 5.74) is 2.98. The van der Waals surface area contributed by atoms with Gasteiger partial charge in [-0.1, -0.05) is 0 Å². The summed E-state index contributed by atoms with van der Waals surface area (Å²) in [4.78, 5) is 24.4. The van der Waals surface area contributed by atoms with Crippen molar-refractivity contribution in [3.8, 4) is 0 Å². The highest BCUT2D eigenvalue weighted by molar-refractivity contribution is 5.92. The number of ether oxygens (including phenoxy) is 1. The minimum Gasteiger partial charge on any atom is -0.461 e. The van der Waals surface area contributed by atoms with E-state index < -0.39 is 23.5 Å². The van der Waals surface area contributed by atoms with Crippen LogP contribution in [0.25, 0.3) is 0 Å². The summed E-state index contributed by atoms with van der Waals surface area (Å²) in [5, 5.41) is 0. The lowest BCUT2D eigenvalue weighted by molar-refractivity contribution is 0.0520. The third kappa shape index (κ3) is 2.36. The Labute approximate surface area is 89.2 Å². The fourth-order valence-electron chi connectivity index (χ4n) is 1.10. The van der Waals surface area contributed by atoms with E-state index in [0.717, 1.165) is 6.07 Å². The van der Waals surface area contributed by atoms with Gasteiger partial charge in [0, 0.05) is 0 Å². The summed E-state index contributed by atoms with van der Waals surface area (Å²) in [6.45, 7) is 1.66. The van der Waals surface area contributed by atoms with Gasteiger partial charge in [-0.15, -0.1) is 0 Å². The van der Waals surface area contributed by atoms with Gasteiger partial charge in [0.1, 0.15) is 0 Å². The number of nitrogens with two attached hydrogens (primary N) is 1. The van der Waals surface area contributed by atoms with Crippen molar-refractivity contribution in [2.75, 3.05) is 12.3 Å². The van der Waals surface area contributed by atoms with Gasteiger partial charge in [0.15, 0.2) is 5.69 Å². The summed E-state index contributed by atoms with van der Waals surface area (Å²) in [6.07, 6.45) is -2.94. The number of esters is 1. The van der Waals surface area contributed by atoms with Crippen LogP contribution in [0, 0.1) is 0 Å². The lowest BCUT2D eigenvalue weighted by Gasteiger charge is -2.06. The number of hydrogen-bond acceptors (Lipinski definition) is 4. The maximum absolute atomic E-state index is 12.3. The number of aromatic nitrogens is 1. The van der Waals surface area contributed by atoms with Gasteiger partial charge in [-0.3, -0.25) is 4.79 Å². The Morgan fingerprint density at radius 2 is 2.25 bits per heavy atom. The average molecular weight is 232 g/mol. The van der Waals surface area contributed by atoms with Crippen molar-refractivity contribution in [3.63, 3.8) is 0 Å². The van der Waals surface area contributed by atoms with Crippen molar-refractivity contribution in [1.29, 1.82) is 0 Å². The molecule has 1 aromatic rings. The molecule has 0 saturated carbocycles. The fourth-order valence-corrected chi connectivity index (χ4v) is 1.10. The molecule has 7 heteroatoms. The Kier molecular flexibility index (Phi) is 3.60. The highest BCUT2D eigenvalue weighted by Crippen LogP contribution is 2.18. The standard InChI is InChI=1S/C9H10F2N2O3/c1-2-16-9(15)6-5(12)3-4(7(10)11)8(14)13-6/h3,7H,2,12H2,1H3,(H,13,14). The van der Waals surface area contributed by atoms with Gasteiger partial charge in [0.05, 0.1) is 17.9 Å². The number of hydrogen-bond donors (Lipinski definition) is 2. The topological polar surface area (TPSA) is 85.2 Å². The molecule has 0 aliphatic rings. The second-order valence-corrected chi connectivity index (χ2v) is 2.91. The van der Waals surface area contributed by atoms with E-state index in [9.17, 15) is 18.4 Å². The highest BCUT2D eigenvalue weighted by Gasteiger charge is 2.18. The molecule has 5 nitrogen and oxygen atoms in total. The first kappa shape index (κ1) is 12.2. The zero-order valence-electron chi connectivity index (χ0n) is 8.42. The van der Waals surface area contributed by atoms with Gasteiger partial charge >= 0.3 is 5.97 Å². The zero-order valence-corrected chi connectivity index (χ0v) is 8.42. The maximum atomic E-state index is 12.3. The fraction of sp³-hybridized carbons (Fsp3) is 0.333. The van der Waals surface area contributed by atoms with Gasteiger partial charge in [0.25, 0.3) is 12.0 Å². The highest BCUT2D eigenvalue weighted by atomic mass is 19.3. The molecular formula is C9H10F2N2O3. The summed E-state index contributed by atoms with van der Waals surface area (Å²) >= 11 is 0. The molecule has 0 spiro atoms. The number of aromatic amines is 1. The van der Waals surface area contributed by atoms with Gasteiger partial charge in [-0.2, -0.15) is 0 Å². The molecular weight excluding hydrogens is 222 g/mol. The van der Waals surface area contributed by atoms with Crippen LogP contribution >= 0.6 is 0 Å². The molecule has 1 heterocycles. The molecule has 0 amide bonds. The molecule has 0 aliphatic heterocycles. The Morgan fingerprint density at radius 3 is 2.75 bits per heavy atom. The van der Waals surface area contributed by atoms with E-state index in [1.54, 1.807) is 6.92 Å². The molecule has 0 radical (unpaired) electrons. The van der Waals surface area contributed by atoms with Gasteiger partial charge in [-0.25, -0.2) is 13.6 Å². The molecule has 0 unspecified atom stereocenters. The lowest BCUT2D eigenvalue weighted by atomic mass is 10.2. The number of nitrogens with one attached hydrogen (secondary N) is 1. The van der Waals surface area contributed by atoms with Crippen molar-refractivity contribution < 1.29 is 18.3 Å². The molecule has 88 valence electrons. The molecule has 0 fully saturated rings. The Balaban J connectivity index is 3.21. The van der Waals surface area contributed by atoms with Crippen LogP contribution in [0.2, 0.25) is 0 Å². The SMILES string of the molecule is CCOC(=O)c1[nH]c(=O)c(C(F)F)cc1N. The second kappa shape index (κ2) is 4.73.